The van der Waals surface area contributed by atoms with E-state index in [1.807, 2.05) is 13.8 Å². The maximum Gasteiger partial charge on any atom is 0.163 e. The zero-order chi connectivity index (χ0) is 15.8. The molecule has 0 N–H and O–H groups in total. The van der Waals surface area contributed by atoms with Crippen LogP contribution < -0.4 is 0 Å². The van der Waals surface area contributed by atoms with Crippen LogP contribution >= 0.6 is 15.9 Å². The average Bonchev–Trinajstić information content (AvgIpc) is 2.67. The van der Waals surface area contributed by atoms with Crippen molar-refractivity contribution >= 4 is 24.0 Å². The number of hydrogen-bond acceptors (Lipinski definition) is 3. The van der Waals surface area contributed by atoms with Gasteiger partial charge in [0.1, 0.15) is 20.3 Å². The molecule has 2 aliphatic heterocycles. The molecule has 4 atom stereocenters. The smallest absolute Gasteiger partial charge is 0.163 e. The summed E-state index contributed by atoms with van der Waals surface area (Å²) >= 11 is 3.60. The van der Waals surface area contributed by atoms with E-state index >= 15 is 0 Å². The molecule has 2 aliphatic rings. The Morgan fingerprint density at radius 2 is 2.00 bits per heavy atom. The summed E-state index contributed by atoms with van der Waals surface area (Å²) in [5.74, 6) is 3.03. The van der Waals surface area contributed by atoms with E-state index in [-0.39, 0.29) is 24.2 Å². The van der Waals surface area contributed by atoms with Crippen LogP contribution in [0.3, 0.4) is 0 Å². The second kappa shape index (κ2) is 6.17. The van der Waals surface area contributed by atoms with Gasteiger partial charge < -0.3 is 14.2 Å². The first-order valence-electron chi connectivity index (χ1n) is 7.44. The summed E-state index contributed by atoms with van der Waals surface area (Å²) in [7, 11) is -1.41. The summed E-state index contributed by atoms with van der Waals surface area (Å²) in [6.07, 6.45) is 1.94. The van der Waals surface area contributed by atoms with E-state index in [1.165, 1.54) is 0 Å². The van der Waals surface area contributed by atoms with Crippen LogP contribution in [-0.2, 0) is 14.2 Å². The minimum Gasteiger partial charge on any atom is -0.354 e. The number of hydrogen-bond donors (Lipinski definition) is 0. The molecule has 0 spiro atoms. The van der Waals surface area contributed by atoms with Crippen molar-refractivity contribution in [3.05, 3.63) is 10.6 Å². The highest BCUT2D eigenvalue weighted by molar-refractivity contribution is 9.11. The summed E-state index contributed by atoms with van der Waals surface area (Å²) in [4.78, 5) is 0. The van der Waals surface area contributed by atoms with Crippen LogP contribution in [0.2, 0.25) is 19.6 Å². The third-order valence-corrected chi connectivity index (χ3v) is 5.03. The molecule has 0 amide bonds. The Hall–Kier alpha value is -0.123. The molecule has 0 unspecified atom stereocenters. The Balaban J connectivity index is 2.13. The topological polar surface area (TPSA) is 27.7 Å². The van der Waals surface area contributed by atoms with Crippen molar-refractivity contribution in [3.8, 4) is 11.5 Å². The molecule has 1 saturated heterocycles. The van der Waals surface area contributed by atoms with Crippen molar-refractivity contribution in [2.45, 2.75) is 64.5 Å². The third kappa shape index (κ3) is 4.67. The first kappa shape index (κ1) is 17.2. The third-order valence-electron chi connectivity index (χ3n) is 3.46. The van der Waals surface area contributed by atoms with E-state index < -0.39 is 13.9 Å². The van der Waals surface area contributed by atoms with Crippen molar-refractivity contribution in [2.24, 2.45) is 5.92 Å². The van der Waals surface area contributed by atoms with Crippen molar-refractivity contribution in [1.29, 1.82) is 0 Å². The first-order valence-corrected chi connectivity index (χ1v) is 11.7. The average molecular weight is 373 g/mol. The van der Waals surface area contributed by atoms with Gasteiger partial charge in [0.25, 0.3) is 0 Å². The molecule has 118 valence electrons. The standard InChI is InChI=1S/C16H25BrO3Si/c1-11-9-12(17)13(7-8-21(4,5)6)19-15(11)14-10-18-16(2,3)20-14/h9,11,13-15H,10H2,1-6H3/t11-,13-,14-,15+/m1/s1. The largest absolute Gasteiger partial charge is 0.354 e. The maximum absolute atomic E-state index is 6.21. The Kier molecular flexibility index (Phi) is 5.06. The lowest BCUT2D eigenvalue weighted by Gasteiger charge is -2.34. The Labute approximate surface area is 137 Å². The van der Waals surface area contributed by atoms with Gasteiger partial charge in [0.05, 0.1) is 12.7 Å². The predicted octanol–water partition coefficient (Wildman–Crippen LogP) is 3.70. The van der Waals surface area contributed by atoms with Gasteiger partial charge in [-0.15, -0.1) is 5.54 Å². The van der Waals surface area contributed by atoms with E-state index in [1.54, 1.807) is 0 Å². The second-order valence-corrected chi connectivity index (χ2v) is 12.9. The van der Waals surface area contributed by atoms with Gasteiger partial charge in [-0.1, -0.05) is 54.5 Å². The lowest BCUT2D eigenvalue weighted by molar-refractivity contribution is -0.163. The second-order valence-electron chi connectivity index (χ2n) is 7.28. The van der Waals surface area contributed by atoms with E-state index in [0.29, 0.717) is 6.61 Å². The van der Waals surface area contributed by atoms with Crippen LogP contribution in [0.1, 0.15) is 20.8 Å². The van der Waals surface area contributed by atoms with Crippen LogP contribution in [0.4, 0.5) is 0 Å². The fourth-order valence-corrected chi connectivity index (χ4v) is 3.67. The van der Waals surface area contributed by atoms with Gasteiger partial charge in [-0.25, -0.2) is 0 Å². The fourth-order valence-electron chi connectivity index (χ4n) is 2.47. The lowest BCUT2D eigenvalue weighted by atomic mass is 9.96. The highest BCUT2D eigenvalue weighted by Crippen LogP contribution is 2.34. The van der Waals surface area contributed by atoms with Crippen LogP contribution in [0.25, 0.3) is 0 Å². The van der Waals surface area contributed by atoms with Crippen LogP contribution in [0.5, 0.6) is 0 Å². The number of rotatable bonds is 1. The first-order chi connectivity index (χ1) is 9.57. The molecule has 0 bridgehead atoms. The number of halogens is 1. The number of ether oxygens (including phenoxy) is 3. The Morgan fingerprint density at radius 1 is 1.33 bits per heavy atom. The van der Waals surface area contributed by atoms with Crippen LogP contribution in [-0.4, -0.2) is 38.8 Å². The van der Waals surface area contributed by atoms with Crippen molar-refractivity contribution in [2.75, 3.05) is 6.61 Å². The summed E-state index contributed by atoms with van der Waals surface area (Å²) in [5, 5.41) is 0. The molecule has 5 heteroatoms. The van der Waals surface area contributed by atoms with Gasteiger partial charge in [-0.2, -0.15) is 0 Å². The summed E-state index contributed by atoms with van der Waals surface area (Å²) < 4.78 is 18.9. The van der Waals surface area contributed by atoms with Crippen molar-refractivity contribution in [3.63, 3.8) is 0 Å². The zero-order valence-electron chi connectivity index (χ0n) is 13.7. The molecule has 3 nitrogen and oxygen atoms in total. The van der Waals surface area contributed by atoms with Crippen molar-refractivity contribution < 1.29 is 14.2 Å². The highest BCUT2D eigenvalue weighted by Gasteiger charge is 2.42. The Bertz CT molecular complexity index is 484. The Morgan fingerprint density at radius 3 is 2.52 bits per heavy atom. The summed E-state index contributed by atoms with van der Waals surface area (Å²) in [5.41, 5.74) is 3.39. The lowest BCUT2D eigenvalue weighted by Crippen LogP contribution is -2.42. The van der Waals surface area contributed by atoms with Crippen LogP contribution in [0.15, 0.2) is 10.6 Å². The highest BCUT2D eigenvalue weighted by atomic mass is 79.9. The van der Waals surface area contributed by atoms with E-state index in [0.717, 1.165) is 4.48 Å². The predicted molar refractivity (Wildman–Crippen MR) is 90.9 cm³/mol. The minimum atomic E-state index is -1.41. The molecule has 2 rings (SSSR count). The molecule has 0 aromatic carbocycles. The molecule has 0 aliphatic carbocycles. The maximum atomic E-state index is 6.21. The summed E-state index contributed by atoms with van der Waals surface area (Å²) in [6.45, 7) is 13.3. The van der Waals surface area contributed by atoms with Gasteiger partial charge in [0.2, 0.25) is 0 Å². The zero-order valence-corrected chi connectivity index (χ0v) is 16.3. The quantitative estimate of drug-likeness (QED) is 0.518. The van der Waals surface area contributed by atoms with E-state index in [4.69, 9.17) is 14.2 Å². The molecule has 0 aromatic rings. The molecular formula is C16H25BrO3Si. The van der Waals surface area contributed by atoms with E-state index in [2.05, 4.69) is 60.0 Å². The van der Waals surface area contributed by atoms with Gasteiger partial charge >= 0.3 is 0 Å². The van der Waals surface area contributed by atoms with Gasteiger partial charge in [0.15, 0.2) is 5.79 Å². The molecule has 0 saturated carbocycles. The summed E-state index contributed by atoms with van der Waals surface area (Å²) in [6, 6.07) is 0. The molecule has 21 heavy (non-hydrogen) atoms. The molecule has 0 radical (unpaired) electrons. The van der Waals surface area contributed by atoms with Gasteiger partial charge in [-0.05, 0) is 13.8 Å². The monoisotopic (exact) mass is 372 g/mol. The van der Waals surface area contributed by atoms with Crippen molar-refractivity contribution in [1.82, 2.24) is 0 Å². The SMILES string of the molecule is C[C@@H]1C=C(Br)[C@@H](C#C[Si](C)(C)C)O[C@@H]1[C@H]1COC(C)(C)O1. The molecular weight excluding hydrogens is 348 g/mol. The van der Waals surface area contributed by atoms with E-state index in [9.17, 15) is 0 Å². The molecule has 2 heterocycles. The fraction of sp³-hybridized carbons (Fsp3) is 0.750. The minimum absolute atomic E-state index is 0.0194. The van der Waals surface area contributed by atoms with Gasteiger partial charge in [-0.3, -0.25) is 0 Å². The molecule has 0 aromatic heterocycles. The normalized spacial score (nSPS) is 35.9. The van der Waals surface area contributed by atoms with Crippen LogP contribution in [0, 0.1) is 17.4 Å². The molecule has 1 fully saturated rings. The van der Waals surface area contributed by atoms with Gasteiger partial charge in [0, 0.05) is 10.4 Å².